The number of nitrogens with zero attached hydrogens (tertiary/aromatic N) is 2. The molecule has 1 rings (SSSR count). The molecule has 1 aromatic carbocycles. The lowest BCUT2D eigenvalue weighted by Crippen LogP contribution is -2.32. The molecule has 0 spiro atoms. The number of hydrazone groups is 1. The first-order valence-electron chi connectivity index (χ1n) is 7.24. The van der Waals surface area contributed by atoms with Gasteiger partial charge in [0.2, 0.25) is 11.8 Å². The third-order valence-corrected chi connectivity index (χ3v) is 2.84. The SMILES string of the molecule is CC(C)CNC(=O)CC(=O)N/N=C\c1ccc(N(C)C)cc1. The molecule has 6 heteroatoms. The van der Waals surface area contributed by atoms with Gasteiger partial charge in [-0.3, -0.25) is 9.59 Å². The van der Waals surface area contributed by atoms with Crippen molar-refractivity contribution < 1.29 is 9.59 Å². The Morgan fingerprint density at radius 2 is 1.82 bits per heavy atom. The molecule has 0 heterocycles. The Morgan fingerprint density at radius 3 is 2.36 bits per heavy atom. The number of carbonyl (C=O) groups is 2. The van der Waals surface area contributed by atoms with E-state index in [0.29, 0.717) is 12.5 Å². The van der Waals surface area contributed by atoms with Crippen LogP contribution in [-0.4, -0.2) is 38.7 Å². The molecule has 0 unspecified atom stereocenters. The zero-order valence-corrected chi connectivity index (χ0v) is 13.6. The Bertz CT molecular complexity index is 521. The second-order valence-electron chi connectivity index (χ2n) is 5.65. The molecule has 0 bridgehead atoms. The van der Waals surface area contributed by atoms with Crippen molar-refractivity contribution in [2.45, 2.75) is 20.3 Å². The van der Waals surface area contributed by atoms with Gasteiger partial charge >= 0.3 is 0 Å². The van der Waals surface area contributed by atoms with Gasteiger partial charge in [0.15, 0.2) is 0 Å². The number of carbonyl (C=O) groups excluding carboxylic acids is 2. The average Bonchev–Trinajstić information content (AvgIpc) is 2.45. The van der Waals surface area contributed by atoms with Crippen LogP contribution in [0.5, 0.6) is 0 Å². The van der Waals surface area contributed by atoms with Crippen molar-refractivity contribution in [3.05, 3.63) is 29.8 Å². The lowest BCUT2D eigenvalue weighted by Gasteiger charge is -2.11. The number of hydrogen-bond donors (Lipinski definition) is 2. The molecule has 0 aromatic heterocycles. The molecular weight excluding hydrogens is 280 g/mol. The Balaban J connectivity index is 2.38. The highest BCUT2D eigenvalue weighted by molar-refractivity contribution is 5.97. The van der Waals surface area contributed by atoms with Crippen molar-refractivity contribution in [2.24, 2.45) is 11.0 Å². The Hall–Kier alpha value is -2.37. The topological polar surface area (TPSA) is 73.8 Å². The van der Waals surface area contributed by atoms with Crippen LogP contribution in [-0.2, 0) is 9.59 Å². The summed E-state index contributed by atoms with van der Waals surface area (Å²) in [6, 6.07) is 7.73. The van der Waals surface area contributed by atoms with Crippen molar-refractivity contribution in [3.8, 4) is 0 Å². The minimum Gasteiger partial charge on any atom is -0.378 e. The van der Waals surface area contributed by atoms with Crippen molar-refractivity contribution in [1.82, 2.24) is 10.7 Å². The van der Waals surface area contributed by atoms with Gasteiger partial charge in [-0.1, -0.05) is 26.0 Å². The van der Waals surface area contributed by atoms with Gasteiger partial charge in [0.05, 0.1) is 6.21 Å². The molecule has 1 aromatic rings. The van der Waals surface area contributed by atoms with Gasteiger partial charge in [0, 0.05) is 26.3 Å². The van der Waals surface area contributed by atoms with Crippen LogP contribution in [0, 0.1) is 5.92 Å². The maximum Gasteiger partial charge on any atom is 0.249 e. The Labute approximate surface area is 131 Å². The summed E-state index contributed by atoms with van der Waals surface area (Å²) in [5, 5.41) is 6.53. The minimum absolute atomic E-state index is 0.219. The minimum atomic E-state index is -0.428. The van der Waals surface area contributed by atoms with Gasteiger partial charge in [-0.2, -0.15) is 5.10 Å². The maximum absolute atomic E-state index is 11.5. The van der Waals surface area contributed by atoms with Crippen LogP contribution in [0.25, 0.3) is 0 Å². The Morgan fingerprint density at radius 1 is 1.18 bits per heavy atom. The summed E-state index contributed by atoms with van der Waals surface area (Å²) in [5.74, 6) is -0.366. The summed E-state index contributed by atoms with van der Waals surface area (Å²) in [6.07, 6.45) is 1.33. The fourth-order valence-corrected chi connectivity index (χ4v) is 1.60. The maximum atomic E-state index is 11.5. The summed E-state index contributed by atoms with van der Waals surface area (Å²) >= 11 is 0. The second-order valence-corrected chi connectivity index (χ2v) is 5.65. The van der Waals surface area contributed by atoms with Gasteiger partial charge in [-0.05, 0) is 23.6 Å². The van der Waals surface area contributed by atoms with Crippen LogP contribution in [0.4, 0.5) is 5.69 Å². The van der Waals surface area contributed by atoms with Crippen LogP contribution in [0.15, 0.2) is 29.4 Å². The summed E-state index contributed by atoms with van der Waals surface area (Å²) < 4.78 is 0. The molecule has 2 amide bonds. The fourth-order valence-electron chi connectivity index (χ4n) is 1.60. The van der Waals surface area contributed by atoms with Gasteiger partial charge in [-0.15, -0.1) is 0 Å². The first-order chi connectivity index (χ1) is 10.4. The molecule has 0 aliphatic carbocycles. The van der Waals surface area contributed by atoms with E-state index in [-0.39, 0.29) is 12.3 Å². The molecule has 0 fully saturated rings. The van der Waals surface area contributed by atoms with E-state index in [1.54, 1.807) is 6.21 Å². The molecule has 0 saturated carbocycles. The molecule has 0 radical (unpaired) electrons. The number of hydrogen-bond acceptors (Lipinski definition) is 4. The number of anilines is 1. The van der Waals surface area contributed by atoms with E-state index in [0.717, 1.165) is 11.3 Å². The van der Waals surface area contributed by atoms with Crippen LogP contribution in [0.2, 0.25) is 0 Å². The number of rotatable bonds is 7. The third-order valence-electron chi connectivity index (χ3n) is 2.84. The molecule has 0 aliphatic rings. The molecule has 2 N–H and O–H groups in total. The average molecular weight is 304 g/mol. The number of benzene rings is 1. The lowest BCUT2D eigenvalue weighted by molar-refractivity contribution is -0.129. The van der Waals surface area contributed by atoms with E-state index in [2.05, 4.69) is 15.8 Å². The van der Waals surface area contributed by atoms with Gasteiger partial charge in [0.1, 0.15) is 6.42 Å². The van der Waals surface area contributed by atoms with E-state index in [4.69, 9.17) is 0 Å². The van der Waals surface area contributed by atoms with Gasteiger partial charge in [0.25, 0.3) is 0 Å². The van der Waals surface area contributed by atoms with E-state index in [1.807, 2.05) is 57.1 Å². The number of nitrogens with one attached hydrogen (secondary N) is 2. The van der Waals surface area contributed by atoms with Crippen LogP contribution in [0.3, 0.4) is 0 Å². The van der Waals surface area contributed by atoms with E-state index >= 15 is 0 Å². The molecule has 0 atom stereocenters. The standard InChI is InChI=1S/C16H24N4O2/c1-12(2)10-17-15(21)9-16(22)19-18-11-13-5-7-14(8-6-13)20(3)4/h5-8,11-12H,9-10H2,1-4H3,(H,17,21)(H,19,22)/b18-11-. The highest BCUT2D eigenvalue weighted by Crippen LogP contribution is 2.10. The van der Waals surface area contributed by atoms with Crippen molar-refractivity contribution in [3.63, 3.8) is 0 Å². The van der Waals surface area contributed by atoms with Crippen molar-refractivity contribution >= 4 is 23.7 Å². The summed E-state index contributed by atoms with van der Waals surface area (Å²) in [6.45, 7) is 4.55. The highest BCUT2D eigenvalue weighted by Gasteiger charge is 2.08. The first-order valence-corrected chi connectivity index (χ1v) is 7.24. The predicted molar refractivity (Wildman–Crippen MR) is 89.0 cm³/mol. The lowest BCUT2D eigenvalue weighted by atomic mass is 10.2. The summed E-state index contributed by atoms with van der Waals surface area (Å²) in [4.78, 5) is 25.0. The largest absolute Gasteiger partial charge is 0.378 e. The molecule has 120 valence electrons. The van der Waals surface area contributed by atoms with E-state index < -0.39 is 5.91 Å². The van der Waals surface area contributed by atoms with Crippen LogP contribution >= 0.6 is 0 Å². The summed E-state index contributed by atoms with van der Waals surface area (Å²) in [5.41, 5.74) is 4.30. The predicted octanol–water partition coefficient (Wildman–Crippen LogP) is 1.36. The molecular formula is C16H24N4O2. The Kier molecular flexibility index (Phi) is 7.08. The molecule has 6 nitrogen and oxygen atoms in total. The van der Waals surface area contributed by atoms with E-state index in [9.17, 15) is 9.59 Å². The first kappa shape index (κ1) is 17.7. The molecule has 22 heavy (non-hydrogen) atoms. The monoisotopic (exact) mass is 304 g/mol. The van der Waals surface area contributed by atoms with Crippen molar-refractivity contribution in [2.75, 3.05) is 25.5 Å². The second kappa shape index (κ2) is 8.81. The smallest absolute Gasteiger partial charge is 0.249 e. The quantitative estimate of drug-likeness (QED) is 0.454. The van der Waals surface area contributed by atoms with Gasteiger partial charge in [-0.25, -0.2) is 5.43 Å². The molecule has 0 saturated heterocycles. The fraction of sp³-hybridized carbons (Fsp3) is 0.438. The third kappa shape index (κ3) is 6.88. The van der Waals surface area contributed by atoms with E-state index in [1.165, 1.54) is 0 Å². The molecule has 0 aliphatic heterocycles. The van der Waals surface area contributed by atoms with Gasteiger partial charge < -0.3 is 10.2 Å². The number of amides is 2. The highest BCUT2D eigenvalue weighted by atomic mass is 16.2. The summed E-state index contributed by atoms with van der Waals surface area (Å²) in [7, 11) is 3.93. The zero-order chi connectivity index (χ0) is 16.5. The van der Waals surface area contributed by atoms with Crippen LogP contribution < -0.4 is 15.6 Å². The van der Waals surface area contributed by atoms with Crippen molar-refractivity contribution in [1.29, 1.82) is 0 Å². The zero-order valence-electron chi connectivity index (χ0n) is 13.6. The normalized spacial score (nSPS) is 10.8. The van der Waals surface area contributed by atoms with Crippen LogP contribution in [0.1, 0.15) is 25.8 Å².